The average molecular weight is 384 g/mol. The molecule has 0 aliphatic rings. The van der Waals surface area contributed by atoms with Crippen molar-refractivity contribution in [2.24, 2.45) is 5.92 Å². The predicted octanol–water partition coefficient (Wildman–Crippen LogP) is 3.90. The molecule has 7 heteroatoms. The van der Waals surface area contributed by atoms with Gasteiger partial charge in [-0.2, -0.15) is 0 Å². The second-order valence-corrected chi connectivity index (χ2v) is 7.21. The zero-order valence-electron chi connectivity index (χ0n) is 15.0. The van der Waals surface area contributed by atoms with Gasteiger partial charge in [0.1, 0.15) is 6.04 Å². The van der Waals surface area contributed by atoms with Crippen molar-refractivity contribution in [2.75, 3.05) is 0 Å². The Morgan fingerprint density at radius 1 is 1.19 bits per heavy atom. The molecule has 0 saturated carbocycles. The van der Waals surface area contributed by atoms with E-state index in [0.717, 1.165) is 5.56 Å². The first-order valence-corrected chi connectivity index (χ1v) is 9.43. The number of rotatable bonds is 7. The third-order valence-corrected chi connectivity index (χ3v) is 4.77. The molecule has 1 aromatic carbocycles. The molecule has 0 radical (unpaired) electrons. The van der Waals surface area contributed by atoms with Gasteiger partial charge in [-0.25, -0.2) is 9.78 Å². The van der Waals surface area contributed by atoms with Crippen LogP contribution in [0.4, 0.5) is 0 Å². The fraction of sp³-hybridized carbons (Fsp3) is 0.250. The highest BCUT2D eigenvalue weighted by Gasteiger charge is 2.27. The second-order valence-electron chi connectivity index (χ2n) is 6.26. The summed E-state index contributed by atoms with van der Waals surface area (Å²) in [5.74, 6) is -0.0225. The van der Waals surface area contributed by atoms with Crippen molar-refractivity contribution in [1.82, 2.24) is 10.3 Å². The van der Waals surface area contributed by atoms with E-state index in [0.29, 0.717) is 16.5 Å². The number of carbonyl (C=O) groups excluding carboxylic acids is 2. The molecule has 0 aliphatic carbocycles. The maximum Gasteiger partial charge on any atom is 0.329 e. The van der Waals surface area contributed by atoms with Crippen LogP contribution >= 0.6 is 11.3 Å². The zero-order chi connectivity index (χ0) is 19.2. The molecular weight excluding hydrogens is 364 g/mol. The van der Waals surface area contributed by atoms with Gasteiger partial charge in [-0.05, 0) is 17.4 Å². The molecule has 27 heavy (non-hydrogen) atoms. The van der Waals surface area contributed by atoms with Crippen LogP contribution in [0, 0.1) is 5.92 Å². The monoisotopic (exact) mass is 384 g/mol. The Balaban J connectivity index is 1.60. The Morgan fingerprint density at radius 3 is 2.63 bits per heavy atom. The van der Waals surface area contributed by atoms with Gasteiger partial charge in [0.05, 0.1) is 11.1 Å². The van der Waals surface area contributed by atoms with E-state index in [1.165, 1.54) is 11.3 Å². The fourth-order valence-electron chi connectivity index (χ4n) is 2.45. The number of thiophene rings is 1. The van der Waals surface area contributed by atoms with Gasteiger partial charge in [0.2, 0.25) is 5.89 Å². The lowest BCUT2D eigenvalue weighted by Crippen LogP contribution is -2.45. The van der Waals surface area contributed by atoms with Crippen LogP contribution < -0.4 is 5.32 Å². The van der Waals surface area contributed by atoms with Crippen molar-refractivity contribution in [3.8, 4) is 11.3 Å². The lowest BCUT2D eigenvalue weighted by molar-refractivity contribution is -0.149. The summed E-state index contributed by atoms with van der Waals surface area (Å²) in [5.41, 5.74) is 0.894. The molecule has 1 N–H and O–H groups in total. The van der Waals surface area contributed by atoms with Crippen LogP contribution in [0.2, 0.25) is 0 Å². The summed E-state index contributed by atoms with van der Waals surface area (Å²) in [6.45, 7) is 3.60. The summed E-state index contributed by atoms with van der Waals surface area (Å²) in [6, 6.07) is 12.3. The molecule has 0 unspecified atom stereocenters. The molecule has 3 rings (SSSR count). The van der Waals surface area contributed by atoms with Crippen molar-refractivity contribution < 1.29 is 18.7 Å². The van der Waals surface area contributed by atoms with E-state index >= 15 is 0 Å². The zero-order valence-corrected chi connectivity index (χ0v) is 15.9. The fourth-order valence-corrected chi connectivity index (χ4v) is 3.08. The maximum atomic E-state index is 12.4. The van der Waals surface area contributed by atoms with Crippen molar-refractivity contribution in [1.29, 1.82) is 0 Å². The van der Waals surface area contributed by atoms with E-state index < -0.39 is 12.0 Å². The quantitative estimate of drug-likeness (QED) is 0.625. The smallest absolute Gasteiger partial charge is 0.329 e. The lowest BCUT2D eigenvalue weighted by atomic mass is 10.0. The van der Waals surface area contributed by atoms with Gasteiger partial charge in [0.25, 0.3) is 5.91 Å². The number of benzene rings is 1. The van der Waals surface area contributed by atoms with Gasteiger partial charge in [-0.1, -0.05) is 50.2 Å². The predicted molar refractivity (Wildman–Crippen MR) is 102 cm³/mol. The summed E-state index contributed by atoms with van der Waals surface area (Å²) in [6.07, 6.45) is 1.59. The topological polar surface area (TPSA) is 81.4 Å². The lowest BCUT2D eigenvalue weighted by Gasteiger charge is -2.20. The average Bonchev–Trinajstić information content (AvgIpc) is 3.36. The van der Waals surface area contributed by atoms with Gasteiger partial charge in [-0.3, -0.25) is 4.79 Å². The summed E-state index contributed by atoms with van der Waals surface area (Å²) in [5, 5.41) is 4.54. The third kappa shape index (κ3) is 4.83. The Morgan fingerprint density at radius 2 is 1.96 bits per heavy atom. The molecule has 0 fully saturated rings. The van der Waals surface area contributed by atoms with E-state index in [-0.39, 0.29) is 18.4 Å². The van der Waals surface area contributed by atoms with Gasteiger partial charge >= 0.3 is 5.97 Å². The molecule has 2 heterocycles. The first-order valence-electron chi connectivity index (χ1n) is 8.55. The first-order chi connectivity index (χ1) is 13.0. The van der Waals surface area contributed by atoms with Gasteiger partial charge in [-0.15, -0.1) is 11.3 Å². The SMILES string of the molecule is CC(C)[C@@H](NC(=O)c1cccs1)C(=O)OCc1ncc(-c2ccccc2)o1. The number of hydrogen-bond acceptors (Lipinski definition) is 6. The number of carbonyl (C=O) groups is 2. The summed E-state index contributed by atoms with van der Waals surface area (Å²) in [7, 11) is 0. The van der Waals surface area contributed by atoms with Crippen LogP contribution in [0.1, 0.15) is 29.4 Å². The largest absolute Gasteiger partial charge is 0.454 e. The van der Waals surface area contributed by atoms with E-state index in [1.54, 1.807) is 18.3 Å². The minimum absolute atomic E-state index is 0.0935. The third-order valence-electron chi connectivity index (χ3n) is 3.90. The molecule has 0 aliphatic heterocycles. The maximum absolute atomic E-state index is 12.4. The van der Waals surface area contributed by atoms with Crippen molar-refractivity contribution in [2.45, 2.75) is 26.5 Å². The van der Waals surface area contributed by atoms with Gasteiger partial charge < -0.3 is 14.5 Å². The Labute approximate surface area is 161 Å². The Kier molecular flexibility index (Phi) is 6.03. The van der Waals surface area contributed by atoms with Crippen LogP contribution in [0.5, 0.6) is 0 Å². The Bertz CT molecular complexity index is 888. The van der Waals surface area contributed by atoms with Crippen LogP contribution in [-0.4, -0.2) is 22.9 Å². The van der Waals surface area contributed by atoms with E-state index in [4.69, 9.17) is 9.15 Å². The first kappa shape index (κ1) is 18.8. The molecule has 140 valence electrons. The molecule has 3 aromatic rings. The number of oxazole rings is 1. The minimum Gasteiger partial charge on any atom is -0.454 e. The highest BCUT2D eigenvalue weighted by molar-refractivity contribution is 7.12. The number of amides is 1. The molecule has 0 saturated heterocycles. The standard InChI is InChI=1S/C20H20N2O4S/c1-13(2)18(22-19(23)16-9-6-10-27-16)20(24)25-12-17-21-11-15(26-17)14-7-4-3-5-8-14/h3-11,13,18H,12H2,1-2H3,(H,22,23)/t18-/m1/s1. The molecule has 0 bridgehead atoms. The molecule has 1 amide bonds. The Hall–Kier alpha value is -2.93. The highest BCUT2D eigenvalue weighted by atomic mass is 32.1. The number of aromatic nitrogens is 1. The number of nitrogens with one attached hydrogen (secondary N) is 1. The van der Waals surface area contributed by atoms with Crippen molar-refractivity contribution in [3.05, 3.63) is 64.8 Å². The number of nitrogens with zero attached hydrogens (tertiary/aromatic N) is 1. The molecule has 6 nitrogen and oxygen atoms in total. The van der Waals surface area contributed by atoms with Crippen molar-refractivity contribution >= 4 is 23.2 Å². The molecule has 1 atom stereocenters. The molecular formula is C20H20N2O4S. The molecule has 0 spiro atoms. The summed E-state index contributed by atoms with van der Waals surface area (Å²) >= 11 is 1.32. The minimum atomic E-state index is -0.747. The summed E-state index contributed by atoms with van der Waals surface area (Å²) in [4.78, 5) is 29.3. The normalized spacial score (nSPS) is 12.0. The number of hydrogen-bond donors (Lipinski definition) is 1. The second kappa shape index (κ2) is 8.64. The highest BCUT2D eigenvalue weighted by Crippen LogP contribution is 2.20. The van der Waals surface area contributed by atoms with E-state index in [2.05, 4.69) is 10.3 Å². The number of ether oxygens (including phenoxy) is 1. The number of esters is 1. The van der Waals surface area contributed by atoms with Crippen LogP contribution in [0.3, 0.4) is 0 Å². The van der Waals surface area contributed by atoms with E-state index in [9.17, 15) is 9.59 Å². The van der Waals surface area contributed by atoms with Crippen LogP contribution in [0.25, 0.3) is 11.3 Å². The van der Waals surface area contributed by atoms with Gasteiger partial charge in [0, 0.05) is 5.56 Å². The van der Waals surface area contributed by atoms with Crippen molar-refractivity contribution in [3.63, 3.8) is 0 Å². The molecule has 2 aromatic heterocycles. The van der Waals surface area contributed by atoms with Gasteiger partial charge in [0.15, 0.2) is 12.4 Å². The van der Waals surface area contributed by atoms with E-state index in [1.807, 2.05) is 49.6 Å². The van der Waals surface area contributed by atoms with Crippen LogP contribution in [0.15, 0.2) is 58.5 Å². The van der Waals surface area contributed by atoms with Crippen LogP contribution in [-0.2, 0) is 16.1 Å². The summed E-state index contributed by atoms with van der Waals surface area (Å²) < 4.78 is 10.9.